The van der Waals surface area contributed by atoms with Crippen LogP contribution in [0.5, 0.6) is 5.75 Å². The number of anilines is 1. The second kappa shape index (κ2) is 14.1. The zero-order valence-corrected chi connectivity index (χ0v) is 24.3. The minimum atomic E-state index is -0.452. The molecule has 10 nitrogen and oxygen atoms in total. The molecule has 3 aliphatic rings. The van der Waals surface area contributed by atoms with Gasteiger partial charge in [0.15, 0.2) is 5.75 Å². The molecular formula is C30H47N5O5. The minimum absolute atomic E-state index is 0.131. The molecule has 40 heavy (non-hydrogen) atoms. The lowest BCUT2D eigenvalue weighted by Crippen LogP contribution is -2.52. The molecule has 2 saturated carbocycles. The van der Waals surface area contributed by atoms with Crippen molar-refractivity contribution < 1.29 is 24.2 Å². The number of nitrogens with one attached hydrogen (secondary N) is 3. The molecule has 0 radical (unpaired) electrons. The lowest BCUT2D eigenvalue weighted by atomic mass is 9.95. The number of benzene rings is 1. The Hall–Kier alpha value is -3.01. The fourth-order valence-electron chi connectivity index (χ4n) is 6.03. The van der Waals surface area contributed by atoms with E-state index < -0.39 is 12.1 Å². The van der Waals surface area contributed by atoms with Crippen LogP contribution in [0.25, 0.3) is 0 Å². The van der Waals surface area contributed by atoms with Gasteiger partial charge in [0, 0.05) is 31.6 Å². The first-order chi connectivity index (χ1) is 19.3. The number of urea groups is 2. The molecule has 2 aliphatic carbocycles. The number of nitrogens with zero attached hydrogens (tertiary/aromatic N) is 2. The van der Waals surface area contributed by atoms with Crippen LogP contribution in [0.2, 0.25) is 0 Å². The predicted molar refractivity (Wildman–Crippen MR) is 155 cm³/mol. The first-order valence-electron chi connectivity index (χ1n) is 15.1. The lowest BCUT2D eigenvalue weighted by Gasteiger charge is -2.38. The molecule has 5 amide bonds. The number of carbonyl (C=O) groups is 3. The zero-order chi connectivity index (χ0) is 28.6. The Morgan fingerprint density at radius 2 is 1.68 bits per heavy atom. The van der Waals surface area contributed by atoms with Crippen molar-refractivity contribution in [3.63, 3.8) is 0 Å². The largest absolute Gasteiger partial charge is 0.485 e. The molecule has 0 spiro atoms. The van der Waals surface area contributed by atoms with Crippen molar-refractivity contribution in [3.05, 3.63) is 23.8 Å². The number of ether oxygens (including phenoxy) is 1. The molecule has 1 aromatic carbocycles. The van der Waals surface area contributed by atoms with Gasteiger partial charge < -0.3 is 35.6 Å². The van der Waals surface area contributed by atoms with Crippen LogP contribution >= 0.6 is 0 Å². The van der Waals surface area contributed by atoms with Gasteiger partial charge >= 0.3 is 12.1 Å². The summed E-state index contributed by atoms with van der Waals surface area (Å²) < 4.78 is 6.54. The maximum Gasteiger partial charge on any atom is 0.319 e. The average Bonchev–Trinajstić information content (AvgIpc) is 2.95. The Kier molecular flexibility index (Phi) is 10.5. The fourth-order valence-corrected chi connectivity index (χ4v) is 6.03. The van der Waals surface area contributed by atoms with Crippen LogP contribution in [0.3, 0.4) is 0 Å². The number of hydrogen-bond acceptors (Lipinski definition) is 5. The van der Waals surface area contributed by atoms with Gasteiger partial charge in [-0.25, -0.2) is 9.59 Å². The van der Waals surface area contributed by atoms with Crippen LogP contribution in [-0.2, 0) is 0 Å². The van der Waals surface area contributed by atoms with E-state index in [2.05, 4.69) is 16.0 Å². The van der Waals surface area contributed by atoms with E-state index in [1.54, 1.807) is 35.0 Å². The van der Waals surface area contributed by atoms with Gasteiger partial charge in [-0.15, -0.1) is 0 Å². The SMILES string of the molecule is C[C@H]1CN([C@@H](C)CO)C(=O)c2cccc(NC(=O)NC3CCCCC3)c2O[C@H]1CN(C)C(=O)NC1CCCCC1. The summed E-state index contributed by atoms with van der Waals surface area (Å²) in [6.07, 6.45) is 10.3. The van der Waals surface area contributed by atoms with Crippen molar-refractivity contribution in [2.45, 2.75) is 102 Å². The molecule has 222 valence electrons. The molecule has 0 unspecified atom stereocenters. The normalized spacial score (nSPS) is 23.2. The van der Waals surface area contributed by atoms with Crippen LogP contribution in [0, 0.1) is 5.92 Å². The molecule has 0 aromatic heterocycles. The van der Waals surface area contributed by atoms with Gasteiger partial charge in [0.25, 0.3) is 5.91 Å². The van der Waals surface area contributed by atoms with Gasteiger partial charge in [-0.1, -0.05) is 51.5 Å². The summed E-state index contributed by atoms with van der Waals surface area (Å²) in [4.78, 5) is 43.0. The van der Waals surface area contributed by atoms with Crippen LogP contribution in [0.1, 0.15) is 88.4 Å². The third-order valence-electron chi connectivity index (χ3n) is 8.61. The smallest absolute Gasteiger partial charge is 0.319 e. The molecule has 1 aliphatic heterocycles. The molecule has 4 rings (SSSR count). The van der Waals surface area contributed by atoms with Gasteiger partial charge in [0.1, 0.15) is 6.10 Å². The third-order valence-corrected chi connectivity index (χ3v) is 8.61. The van der Waals surface area contributed by atoms with Crippen LogP contribution < -0.4 is 20.7 Å². The monoisotopic (exact) mass is 557 g/mol. The Labute approximate surface area is 238 Å². The molecule has 10 heteroatoms. The van der Waals surface area contributed by atoms with E-state index in [-0.39, 0.29) is 42.6 Å². The first kappa shape index (κ1) is 30.0. The number of hydrogen-bond donors (Lipinski definition) is 4. The van der Waals surface area contributed by atoms with Gasteiger partial charge in [-0.2, -0.15) is 0 Å². The van der Waals surface area contributed by atoms with E-state index in [9.17, 15) is 19.5 Å². The molecule has 4 N–H and O–H groups in total. The van der Waals surface area contributed by atoms with Crippen molar-refractivity contribution in [1.29, 1.82) is 0 Å². The van der Waals surface area contributed by atoms with Crippen LogP contribution in [-0.4, -0.2) is 83.8 Å². The number of para-hydroxylation sites is 1. The van der Waals surface area contributed by atoms with Crippen molar-refractivity contribution in [2.75, 3.05) is 32.1 Å². The predicted octanol–water partition coefficient (Wildman–Crippen LogP) is 4.34. The maximum atomic E-state index is 13.7. The van der Waals surface area contributed by atoms with Crippen LogP contribution in [0.4, 0.5) is 15.3 Å². The van der Waals surface area contributed by atoms with Gasteiger partial charge in [0.2, 0.25) is 0 Å². The summed E-state index contributed by atoms with van der Waals surface area (Å²) >= 11 is 0. The van der Waals surface area contributed by atoms with Gasteiger partial charge in [0.05, 0.1) is 30.4 Å². The Morgan fingerprint density at radius 1 is 1.05 bits per heavy atom. The highest BCUT2D eigenvalue weighted by molar-refractivity contribution is 6.01. The van der Waals surface area contributed by atoms with Crippen LogP contribution in [0.15, 0.2) is 18.2 Å². The summed E-state index contributed by atoms with van der Waals surface area (Å²) in [6.45, 7) is 4.29. The molecule has 0 bridgehead atoms. The quantitative estimate of drug-likeness (QED) is 0.397. The lowest BCUT2D eigenvalue weighted by molar-refractivity contribution is 0.0368. The molecule has 2 fully saturated rings. The molecular weight excluding hydrogens is 510 g/mol. The minimum Gasteiger partial charge on any atom is -0.485 e. The summed E-state index contributed by atoms with van der Waals surface area (Å²) in [6, 6.07) is 4.60. The topological polar surface area (TPSA) is 123 Å². The number of carbonyl (C=O) groups excluding carboxylic acids is 3. The van der Waals surface area contributed by atoms with E-state index in [0.717, 1.165) is 51.4 Å². The summed E-state index contributed by atoms with van der Waals surface area (Å²) in [5.41, 5.74) is 0.728. The average molecular weight is 558 g/mol. The molecule has 1 heterocycles. The Balaban J connectivity index is 1.56. The van der Waals surface area contributed by atoms with Crippen molar-refractivity contribution in [3.8, 4) is 5.75 Å². The maximum absolute atomic E-state index is 13.7. The highest BCUT2D eigenvalue weighted by atomic mass is 16.5. The van der Waals surface area contributed by atoms with E-state index in [1.807, 2.05) is 13.8 Å². The second-order valence-electron chi connectivity index (χ2n) is 11.9. The third kappa shape index (κ3) is 7.59. The van der Waals surface area contributed by atoms with Crippen molar-refractivity contribution >= 4 is 23.7 Å². The highest BCUT2D eigenvalue weighted by Crippen LogP contribution is 2.35. The van der Waals surface area contributed by atoms with Gasteiger partial charge in [-0.05, 0) is 44.7 Å². The van der Waals surface area contributed by atoms with Crippen molar-refractivity contribution in [2.24, 2.45) is 5.92 Å². The number of aliphatic hydroxyl groups is 1. The first-order valence-corrected chi connectivity index (χ1v) is 15.1. The van der Waals surface area contributed by atoms with E-state index in [0.29, 0.717) is 30.1 Å². The summed E-state index contributed by atoms with van der Waals surface area (Å²) in [7, 11) is 1.76. The molecule has 0 saturated heterocycles. The second-order valence-corrected chi connectivity index (χ2v) is 11.9. The summed E-state index contributed by atoms with van der Waals surface area (Å²) in [5.74, 6) is -0.124. The Morgan fingerprint density at radius 3 is 2.30 bits per heavy atom. The molecule has 1 aromatic rings. The number of rotatable bonds is 7. The number of fused-ring (bicyclic) bond motifs is 1. The number of aliphatic hydroxyl groups excluding tert-OH is 1. The number of amides is 5. The molecule has 3 atom stereocenters. The highest BCUT2D eigenvalue weighted by Gasteiger charge is 2.35. The van der Waals surface area contributed by atoms with E-state index in [4.69, 9.17) is 4.74 Å². The van der Waals surface area contributed by atoms with E-state index >= 15 is 0 Å². The fraction of sp³-hybridized carbons (Fsp3) is 0.700. The zero-order valence-electron chi connectivity index (χ0n) is 24.3. The summed E-state index contributed by atoms with van der Waals surface area (Å²) in [5, 5.41) is 19.1. The Bertz CT molecular complexity index is 1020. The standard InChI is InChI=1S/C30H47N5O5/c1-20-17-35(21(2)19-36)28(37)24-15-10-16-25(33-29(38)31-22-11-6-4-7-12-22)27(24)40-26(20)18-34(3)30(39)32-23-13-8-5-9-14-23/h10,15-16,20-23,26,36H,4-9,11-14,17-19H2,1-3H3,(H,32,39)(H2,31,33,38)/t20-,21-,26-/m0/s1. The van der Waals surface area contributed by atoms with E-state index in [1.165, 1.54) is 12.8 Å². The van der Waals surface area contributed by atoms with Crippen molar-refractivity contribution in [1.82, 2.24) is 20.4 Å². The number of likely N-dealkylation sites (N-methyl/N-ethyl adjacent to an activating group) is 1. The van der Waals surface area contributed by atoms with Gasteiger partial charge in [-0.3, -0.25) is 4.79 Å².